The predicted octanol–water partition coefficient (Wildman–Crippen LogP) is 4.78. The molecule has 124 valence electrons. The van der Waals surface area contributed by atoms with Gasteiger partial charge in [-0.2, -0.15) is 0 Å². The van der Waals surface area contributed by atoms with E-state index in [1.54, 1.807) is 4.90 Å². The maximum absolute atomic E-state index is 12.9. The molecule has 4 rings (SSSR count). The normalized spacial score (nSPS) is 24.9. The van der Waals surface area contributed by atoms with Crippen LogP contribution in [0.1, 0.15) is 37.4 Å². The molecule has 2 aromatic rings. The van der Waals surface area contributed by atoms with Crippen LogP contribution in [0.2, 0.25) is 0 Å². The van der Waals surface area contributed by atoms with E-state index in [0.29, 0.717) is 6.42 Å². The molecular weight excluding hydrogens is 368 g/mol. The van der Waals surface area contributed by atoms with E-state index in [1.807, 2.05) is 43.3 Å². The van der Waals surface area contributed by atoms with Gasteiger partial charge in [-0.1, -0.05) is 41.1 Å². The van der Waals surface area contributed by atoms with Crippen molar-refractivity contribution in [1.29, 1.82) is 0 Å². The zero-order chi connectivity index (χ0) is 16.9. The molecule has 5 heteroatoms. The number of fused-ring (bicyclic) bond motifs is 4. The molecule has 1 N–H and O–H groups in total. The summed E-state index contributed by atoms with van der Waals surface area (Å²) < 4.78 is 7.31. The van der Waals surface area contributed by atoms with Crippen molar-refractivity contribution in [2.24, 2.45) is 0 Å². The number of aryl methyl sites for hydroxylation is 1. The first-order chi connectivity index (χ1) is 11.5. The van der Waals surface area contributed by atoms with Crippen LogP contribution in [-0.4, -0.2) is 11.8 Å². The van der Waals surface area contributed by atoms with Gasteiger partial charge in [-0.3, -0.25) is 4.90 Å². The summed E-state index contributed by atoms with van der Waals surface area (Å²) >= 11 is 3.50. The van der Waals surface area contributed by atoms with Gasteiger partial charge in [0.2, 0.25) is 0 Å². The molecule has 2 bridgehead atoms. The zero-order valence-electron chi connectivity index (χ0n) is 13.7. The van der Waals surface area contributed by atoms with Crippen LogP contribution in [0.25, 0.3) is 0 Å². The minimum absolute atomic E-state index is 0.0335. The van der Waals surface area contributed by atoms with Crippen LogP contribution in [0.15, 0.2) is 46.9 Å². The average Bonchev–Trinajstić information content (AvgIpc) is 2.55. The largest absolute Gasteiger partial charge is 0.467 e. The molecule has 0 unspecified atom stereocenters. The summed E-state index contributed by atoms with van der Waals surface area (Å²) in [5.41, 5.74) is 2.38. The van der Waals surface area contributed by atoms with Gasteiger partial charge in [-0.05, 0) is 43.2 Å². The number of benzene rings is 2. The second kappa shape index (κ2) is 5.52. The third kappa shape index (κ3) is 2.30. The van der Waals surface area contributed by atoms with Crippen LogP contribution < -0.4 is 15.0 Å². The molecule has 2 heterocycles. The van der Waals surface area contributed by atoms with Gasteiger partial charge in [0.15, 0.2) is 5.72 Å². The Hall–Kier alpha value is -2.01. The van der Waals surface area contributed by atoms with Crippen molar-refractivity contribution in [2.75, 3.05) is 4.90 Å². The van der Waals surface area contributed by atoms with Gasteiger partial charge in [0.05, 0.1) is 11.7 Å². The number of carbonyl (C=O) groups excluding carboxylic acids is 1. The van der Waals surface area contributed by atoms with E-state index in [9.17, 15) is 4.79 Å². The van der Waals surface area contributed by atoms with Crippen molar-refractivity contribution in [1.82, 2.24) is 5.32 Å². The highest BCUT2D eigenvalue weighted by atomic mass is 79.9. The van der Waals surface area contributed by atoms with Gasteiger partial charge in [0.25, 0.3) is 0 Å². The third-order valence-electron chi connectivity index (χ3n) is 4.85. The molecule has 0 radical (unpaired) electrons. The molecule has 24 heavy (non-hydrogen) atoms. The molecule has 0 aliphatic carbocycles. The summed E-state index contributed by atoms with van der Waals surface area (Å²) in [4.78, 5) is 14.7. The summed E-state index contributed by atoms with van der Waals surface area (Å²) in [6, 6.07) is 13.8. The third-order valence-corrected chi connectivity index (χ3v) is 5.34. The van der Waals surface area contributed by atoms with Gasteiger partial charge in [-0.25, -0.2) is 4.79 Å². The van der Waals surface area contributed by atoms with Crippen molar-refractivity contribution in [3.63, 3.8) is 0 Å². The van der Waals surface area contributed by atoms with E-state index >= 15 is 0 Å². The Balaban J connectivity index is 1.82. The van der Waals surface area contributed by atoms with Crippen molar-refractivity contribution < 1.29 is 9.53 Å². The van der Waals surface area contributed by atoms with Gasteiger partial charge in [0, 0.05) is 16.5 Å². The molecule has 2 aromatic carbocycles. The van der Waals surface area contributed by atoms with E-state index in [4.69, 9.17) is 4.74 Å². The number of anilines is 1. The molecule has 0 spiro atoms. The number of hydrogen-bond acceptors (Lipinski definition) is 2. The summed E-state index contributed by atoms with van der Waals surface area (Å²) in [5, 5.41) is 3.14. The van der Waals surface area contributed by atoms with Crippen molar-refractivity contribution in [3.05, 3.63) is 58.1 Å². The fourth-order valence-electron chi connectivity index (χ4n) is 3.74. The Labute approximate surface area is 149 Å². The molecule has 0 saturated carbocycles. The first-order valence-corrected chi connectivity index (χ1v) is 8.98. The second-order valence-corrected chi connectivity index (χ2v) is 7.40. The smallest absolute Gasteiger partial charge is 0.325 e. The van der Waals surface area contributed by atoms with E-state index in [1.165, 1.54) is 0 Å². The van der Waals surface area contributed by atoms with Gasteiger partial charge in [-0.15, -0.1) is 0 Å². The number of nitrogens with one attached hydrogen (secondary N) is 1. The summed E-state index contributed by atoms with van der Waals surface area (Å²) in [7, 11) is 0. The van der Waals surface area contributed by atoms with E-state index < -0.39 is 5.72 Å². The monoisotopic (exact) mass is 386 g/mol. The Morgan fingerprint density at radius 3 is 2.92 bits per heavy atom. The van der Waals surface area contributed by atoms with Gasteiger partial charge < -0.3 is 10.1 Å². The Morgan fingerprint density at radius 1 is 1.33 bits per heavy atom. The molecule has 2 amide bonds. The van der Waals surface area contributed by atoms with Crippen LogP contribution in [0.5, 0.6) is 5.75 Å². The SMILES string of the molecule is CCc1ccccc1N1C(=O)N[C@H]2C[C@]1(C)Oc1ccc(Br)cc12. The quantitative estimate of drug-likeness (QED) is 0.806. The fourth-order valence-corrected chi connectivity index (χ4v) is 4.12. The highest BCUT2D eigenvalue weighted by Gasteiger charge is 2.50. The van der Waals surface area contributed by atoms with Crippen molar-refractivity contribution >= 4 is 27.6 Å². The lowest BCUT2D eigenvalue weighted by atomic mass is 9.89. The first kappa shape index (κ1) is 15.5. The number of nitrogens with zero attached hydrogens (tertiary/aromatic N) is 1. The van der Waals surface area contributed by atoms with Crippen molar-refractivity contribution in [3.8, 4) is 5.75 Å². The number of halogens is 1. The zero-order valence-corrected chi connectivity index (χ0v) is 15.3. The summed E-state index contributed by atoms with van der Waals surface area (Å²) in [5.74, 6) is 0.830. The Morgan fingerprint density at radius 2 is 2.12 bits per heavy atom. The summed E-state index contributed by atoms with van der Waals surface area (Å²) in [6.45, 7) is 4.09. The molecule has 0 aromatic heterocycles. The second-order valence-electron chi connectivity index (χ2n) is 6.48. The van der Waals surface area contributed by atoms with E-state index in [0.717, 1.165) is 33.5 Å². The lowest BCUT2D eigenvalue weighted by molar-refractivity contribution is 0.0377. The maximum atomic E-state index is 12.9. The molecular formula is C19H19BrN2O2. The van der Waals surface area contributed by atoms with Crippen molar-refractivity contribution in [2.45, 2.75) is 38.5 Å². The minimum Gasteiger partial charge on any atom is -0.467 e. The van der Waals surface area contributed by atoms with Crippen LogP contribution in [0.4, 0.5) is 10.5 Å². The van der Waals surface area contributed by atoms with E-state index in [2.05, 4.69) is 34.2 Å². The number of para-hydroxylation sites is 1. The van der Waals surface area contributed by atoms with Gasteiger partial charge >= 0.3 is 6.03 Å². The van der Waals surface area contributed by atoms with Crippen LogP contribution in [0.3, 0.4) is 0 Å². The molecule has 1 saturated heterocycles. The predicted molar refractivity (Wildman–Crippen MR) is 97.4 cm³/mol. The van der Waals surface area contributed by atoms with E-state index in [-0.39, 0.29) is 12.1 Å². The molecule has 2 atom stereocenters. The minimum atomic E-state index is -0.695. The summed E-state index contributed by atoms with van der Waals surface area (Å²) in [6.07, 6.45) is 1.57. The molecule has 2 aliphatic rings. The first-order valence-electron chi connectivity index (χ1n) is 8.19. The number of hydrogen-bond donors (Lipinski definition) is 1. The standard InChI is InChI=1S/C19H19BrN2O2/c1-3-12-6-4-5-7-16(12)22-18(23)21-15-11-19(22,2)24-17-9-8-13(20)10-14(15)17/h4-10,15H,3,11H2,1-2H3,(H,21,23)/t15-,19-/m0/s1. The lowest BCUT2D eigenvalue weighted by Gasteiger charge is -2.51. The van der Waals surface area contributed by atoms with Crippen LogP contribution in [0, 0.1) is 0 Å². The highest BCUT2D eigenvalue weighted by Crippen LogP contribution is 2.46. The number of ether oxygens (including phenoxy) is 1. The average molecular weight is 387 g/mol. The number of urea groups is 1. The fraction of sp³-hybridized carbons (Fsp3) is 0.316. The highest BCUT2D eigenvalue weighted by molar-refractivity contribution is 9.10. The molecule has 2 aliphatic heterocycles. The Kier molecular flexibility index (Phi) is 3.57. The molecule has 1 fully saturated rings. The number of carbonyl (C=O) groups is 1. The van der Waals surface area contributed by atoms with Gasteiger partial charge in [0.1, 0.15) is 5.75 Å². The molecule has 4 nitrogen and oxygen atoms in total. The Bertz CT molecular complexity index is 823. The lowest BCUT2D eigenvalue weighted by Crippen LogP contribution is -2.65. The maximum Gasteiger partial charge on any atom is 0.325 e. The van der Waals surface area contributed by atoms with Crippen LogP contribution in [-0.2, 0) is 6.42 Å². The van der Waals surface area contributed by atoms with Crippen LogP contribution >= 0.6 is 15.9 Å². The number of rotatable bonds is 2. The topological polar surface area (TPSA) is 41.6 Å². The number of amides is 2.